The van der Waals surface area contributed by atoms with Crippen molar-refractivity contribution in [3.05, 3.63) is 163 Å². The van der Waals surface area contributed by atoms with E-state index in [1.54, 1.807) is 0 Å². The molecule has 0 spiro atoms. The number of hydrogen-bond donors (Lipinski definition) is 1. The Bertz CT molecular complexity index is 2540. The van der Waals surface area contributed by atoms with E-state index in [1.807, 2.05) is 17.4 Å². The molecule has 0 aliphatic rings. The van der Waals surface area contributed by atoms with Gasteiger partial charge >= 0.3 is 0 Å². The molecule has 0 fully saturated rings. The molecule has 0 saturated carbocycles. The first-order chi connectivity index (χ1) is 22.7. The van der Waals surface area contributed by atoms with Crippen LogP contribution in [-0.4, -0.2) is 4.57 Å². The van der Waals surface area contributed by atoms with Crippen LogP contribution in [0.1, 0.15) is 5.56 Å². The monoisotopic (exact) mass is 606 g/mol. The number of hydrogen-bond acceptors (Lipinski definition) is 2. The average molecular weight is 607 g/mol. The number of nitrogens with one attached hydrogen (secondary N) is 1. The van der Waals surface area contributed by atoms with Crippen LogP contribution in [0.15, 0.2) is 158 Å². The SMILES string of the molecule is Cc1cccc2c1sc1c(-n3c4ccccc4c4cc(-c5ccc(Nc6ccc(-c7ccccc7)cc6)cc5)ccc43)cccc12. The Morgan fingerprint density at radius 2 is 1.00 bits per heavy atom. The van der Waals surface area contributed by atoms with Gasteiger partial charge < -0.3 is 9.88 Å². The van der Waals surface area contributed by atoms with Crippen molar-refractivity contribution < 1.29 is 0 Å². The Balaban J connectivity index is 1.08. The number of anilines is 2. The Hall–Kier alpha value is -5.64. The number of para-hydroxylation sites is 1. The second-order valence-corrected chi connectivity index (χ2v) is 13.0. The molecule has 2 aromatic heterocycles. The minimum absolute atomic E-state index is 1.07. The Morgan fingerprint density at radius 1 is 0.435 bits per heavy atom. The summed E-state index contributed by atoms with van der Waals surface area (Å²) in [6.45, 7) is 2.21. The second kappa shape index (κ2) is 10.8. The van der Waals surface area contributed by atoms with Crippen LogP contribution in [-0.2, 0) is 0 Å². The topological polar surface area (TPSA) is 17.0 Å². The minimum Gasteiger partial charge on any atom is -0.356 e. The predicted molar refractivity (Wildman–Crippen MR) is 199 cm³/mol. The molecular formula is C43H30N2S. The molecule has 7 aromatic carbocycles. The number of nitrogens with zero attached hydrogens (tertiary/aromatic N) is 1. The third kappa shape index (κ3) is 4.40. The molecule has 0 atom stereocenters. The highest BCUT2D eigenvalue weighted by atomic mass is 32.1. The lowest BCUT2D eigenvalue weighted by Gasteiger charge is -2.11. The van der Waals surface area contributed by atoms with Gasteiger partial charge in [-0.3, -0.25) is 0 Å². The van der Waals surface area contributed by atoms with E-state index in [1.165, 1.54) is 75.5 Å². The number of aryl methyl sites for hydroxylation is 1. The van der Waals surface area contributed by atoms with Crippen molar-refractivity contribution in [2.75, 3.05) is 5.32 Å². The molecule has 2 heterocycles. The van der Waals surface area contributed by atoms with Gasteiger partial charge in [0.15, 0.2) is 0 Å². The molecule has 9 rings (SSSR count). The summed E-state index contributed by atoms with van der Waals surface area (Å²) in [5.74, 6) is 0. The summed E-state index contributed by atoms with van der Waals surface area (Å²) in [4.78, 5) is 0. The van der Waals surface area contributed by atoms with Crippen molar-refractivity contribution in [3.8, 4) is 27.9 Å². The number of aromatic nitrogens is 1. The Morgan fingerprint density at radius 3 is 1.76 bits per heavy atom. The lowest BCUT2D eigenvalue weighted by Crippen LogP contribution is -1.93. The molecule has 218 valence electrons. The van der Waals surface area contributed by atoms with Gasteiger partial charge in [0.05, 0.1) is 21.4 Å². The molecule has 46 heavy (non-hydrogen) atoms. The van der Waals surface area contributed by atoms with E-state index in [2.05, 4.69) is 168 Å². The number of fused-ring (bicyclic) bond motifs is 6. The number of benzene rings is 7. The van der Waals surface area contributed by atoms with E-state index >= 15 is 0 Å². The average Bonchev–Trinajstić information content (AvgIpc) is 3.66. The zero-order valence-electron chi connectivity index (χ0n) is 25.4. The molecule has 9 aromatic rings. The lowest BCUT2D eigenvalue weighted by molar-refractivity contribution is 1.20. The van der Waals surface area contributed by atoms with Crippen LogP contribution in [0.2, 0.25) is 0 Å². The van der Waals surface area contributed by atoms with Crippen molar-refractivity contribution in [1.29, 1.82) is 0 Å². The van der Waals surface area contributed by atoms with Gasteiger partial charge in [0.2, 0.25) is 0 Å². The van der Waals surface area contributed by atoms with E-state index in [4.69, 9.17) is 0 Å². The molecule has 0 radical (unpaired) electrons. The lowest BCUT2D eigenvalue weighted by atomic mass is 10.0. The summed E-state index contributed by atoms with van der Waals surface area (Å²) in [5.41, 5.74) is 12.0. The van der Waals surface area contributed by atoms with Crippen LogP contribution in [0, 0.1) is 6.92 Å². The summed E-state index contributed by atoms with van der Waals surface area (Å²) < 4.78 is 5.16. The van der Waals surface area contributed by atoms with Crippen molar-refractivity contribution >= 4 is 64.7 Å². The molecule has 0 saturated heterocycles. The maximum Gasteiger partial charge on any atom is 0.0640 e. The maximum atomic E-state index is 3.56. The smallest absolute Gasteiger partial charge is 0.0640 e. The third-order valence-electron chi connectivity index (χ3n) is 9.11. The van der Waals surface area contributed by atoms with Gasteiger partial charge in [0.1, 0.15) is 0 Å². The summed E-state index contributed by atoms with van der Waals surface area (Å²) in [7, 11) is 0. The second-order valence-electron chi connectivity index (χ2n) is 11.9. The molecular weight excluding hydrogens is 577 g/mol. The molecule has 0 aliphatic carbocycles. The van der Waals surface area contributed by atoms with Crippen LogP contribution in [0.5, 0.6) is 0 Å². The largest absolute Gasteiger partial charge is 0.356 e. The normalized spacial score (nSPS) is 11.6. The van der Waals surface area contributed by atoms with Crippen LogP contribution in [0.3, 0.4) is 0 Å². The van der Waals surface area contributed by atoms with Gasteiger partial charge in [0.25, 0.3) is 0 Å². The summed E-state index contributed by atoms with van der Waals surface area (Å²) in [6.07, 6.45) is 0. The van der Waals surface area contributed by atoms with Gasteiger partial charge in [-0.2, -0.15) is 0 Å². The first-order valence-corrected chi connectivity index (χ1v) is 16.5. The molecule has 0 aliphatic heterocycles. The minimum atomic E-state index is 1.07. The highest BCUT2D eigenvalue weighted by Crippen LogP contribution is 2.42. The van der Waals surface area contributed by atoms with Crippen LogP contribution in [0.4, 0.5) is 11.4 Å². The first-order valence-electron chi connectivity index (χ1n) is 15.7. The van der Waals surface area contributed by atoms with Gasteiger partial charge in [-0.25, -0.2) is 0 Å². The van der Waals surface area contributed by atoms with Crippen LogP contribution in [0.25, 0.3) is 69.9 Å². The molecule has 0 unspecified atom stereocenters. The van der Waals surface area contributed by atoms with Crippen molar-refractivity contribution in [1.82, 2.24) is 4.57 Å². The fourth-order valence-corrected chi connectivity index (χ4v) is 8.10. The molecule has 1 N–H and O–H groups in total. The van der Waals surface area contributed by atoms with E-state index < -0.39 is 0 Å². The predicted octanol–water partition coefficient (Wildman–Crippen LogP) is 12.5. The Kier molecular flexibility index (Phi) is 6.25. The Labute approximate surface area is 271 Å². The van der Waals surface area contributed by atoms with Crippen LogP contribution < -0.4 is 5.32 Å². The quantitative estimate of drug-likeness (QED) is 0.206. The molecule has 0 bridgehead atoms. The van der Waals surface area contributed by atoms with Gasteiger partial charge in [-0.05, 0) is 83.3 Å². The van der Waals surface area contributed by atoms with E-state index in [9.17, 15) is 0 Å². The van der Waals surface area contributed by atoms with Crippen molar-refractivity contribution in [2.24, 2.45) is 0 Å². The molecule has 3 heteroatoms. The highest BCUT2D eigenvalue weighted by Gasteiger charge is 2.17. The maximum absolute atomic E-state index is 3.56. The van der Waals surface area contributed by atoms with E-state index in [0.717, 1.165) is 11.4 Å². The fourth-order valence-electron chi connectivity index (χ4n) is 6.82. The van der Waals surface area contributed by atoms with Crippen LogP contribution >= 0.6 is 11.3 Å². The third-order valence-corrected chi connectivity index (χ3v) is 10.5. The standard InChI is InChI=1S/C43H30N2S/c1-28-9-7-13-36-37-14-8-16-41(43(37)46-42(28)36)45-39-15-6-5-12-35(39)38-27-32(21-26-40(38)45)31-19-24-34(25-20-31)44-33-22-17-30(18-23-33)29-10-3-2-4-11-29/h2-27,44H,1H3. The fraction of sp³-hybridized carbons (Fsp3) is 0.0233. The summed E-state index contributed by atoms with van der Waals surface area (Å²) >= 11 is 1.90. The van der Waals surface area contributed by atoms with Gasteiger partial charge in [-0.15, -0.1) is 11.3 Å². The molecule has 2 nitrogen and oxygen atoms in total. The number of rotatable bonds is 5. The molecule has 0 amide bonds. The van der Waals surface area contributed by atoms with E-state index in [-0.39, 0.29) is 0 Å². The van der Waals surface area contributed by atoms with Crippen molar-refractivity contribution in [2.45, 2.75) is 6.92 Å². The van der Waals surface area contributed by atoms with E-state index in [0.29, 0.717) is 0 Å². The highest BCUT2D eigenvalue weighted by molar-refractivity contribution is 7.26. The first kappa shape index (κ1) is 26.7. The summed E-state index contributed by atoms with van der Waals surface area (Å²) in [5, 5.41) is 8.76. The zero-order chi connectivity index (χ0) is 30.6. The summed E-state index contributed by atoms with van der Waals surface area (Å²) in [6, 6.07) is 56.9. The number of thiophene rings is 1. The zero-order valence-corrected chi connectivity index (χ0v) is 26.2. The van der Waals surface area contributed by atoms with Crippen molar-refractivity contribution in [3.63, 3.8) is 0 Å². The van der Waals surface area contributed by atoms with Gasteiger partial charge in [-0.1, -0.05) is 109 Å². The van der Waals surface area contributed by atoms with Gasteiger partial charge in [0, 0.05) is 37.6 Å².